The molecule has 2 N–H and O–H groups in total. The number of hydrogen-bond donors (Lipinski definition) is 2. The quantitative estimate of drug-likeness (QED) is 0.386. The number of hydrogen-bond acceptors (Lipinski definition) is 7. The van der Waals surface area contributed by atoms with Gasteiger partial charge in [-0.05, 0) is 17.0 Å². The molecule has 174 valence electrons. The van der Waals surface area contributed by atoms with Crippen LogP contribution in [-0.2, 0) is 11.2 Å². The third-order valence-corrected chi connectivity index (χ3v) is 5.32. The molecular formula is C26H26N4O4. The van der Waals surface area contributed by atoms with Crippen LogP contribution in [0.3, 0.4) is 0 Å². The van der Waals surface area contributed by atoms with E-state index in [2.05, 4.69) is 21.7 Å². The first-order chi connectivity index (χ1) is 16.5. The van der Waals surface area contributed by atoms with Gasteiger partial charge >= 0.3 is 0 Å². The number of fused-ring (bicyclic) bond motifs is 1. The highest BCUT2D eigenvalue weighted by molar-refractivity contribution is 6.02. The summed E-state index contributed by atoms with van der Waals surface area (Å²) < 4.78 is 16.2. The van der Waals surface area contributed by atoms with E-state index in [1.807, 2.05) is 42.5 Å². The Bertz CT molecular complexity index is 1310. The Hall–Kier alpha value is -4.33. The van der Waals surface area contributed by atoms with Crippen LogP contribution in [0.25, 0.3) is 10.8 Å². The maximum Gasteiger partial charge on any atom is 0.221 e. The number of carbonyl (C=O) groups excluding carboxylic acids is 1. The molecule has 4 aromatic rings. The van der Waals surface area contributed by atoms with Gasteiger partial charge in [0.2, 0.25) is 11.7 Å². The number of carbonyl (C=O) groups is 1. The van der Waals surface area contributed by atoms with Crippen molar-refractivity contribution in [1.29, 1.82) is 0 Å². The Morgan fingerprint density at radius 3 is 2.29 bits per heavy atom. The Balaban J connectivity index is 1.62. The third-order valence-electron chi connectivity index (χ3n) is 5.32. The van der Waals surface area contributed by atoms with Crippen molar-refractivity contribution in [3.05, 3.63) is 72.2 Å². The molecule has 0 spiro atoms. The van der Waals surface area contributed by atoms with E-state index in [-0.39, 0.29) is 5.91 Å². The van der Waals surface area contributed by atoms with E-state index in [0.717, 1.165) is 33.4 Å². The lowest BCUT2D eigenvalue weighted by Gasteiger charge is -2.15. The predicted octanol–water partition coefficient (Wildman–Crippen LogP) is 4.95. The monoisotopic (exact) mass is 458 g/mol. The highest BCUT2D eigenvalue weighted by atomic mass is 16.5. The van der Waals surface area contributed by atoms with Gasteiger partial charge in [0, 0.05) is 48.4 Å². The van der Waals surface area contributed by atoms with Crippen LogP contribution in [0.5, 0.6) is 17.2 Å². The lowest BCUT2D eigenvalue weighted by Crippen LogP contribution is -2.06. The van der Waals surface area contributed by atoms with Gasteiger partial charge in [-0.3, -0.25) is 9.78 Å². The highest BCUT2D eigenvalue weighted by Crippen LogP contribution is 2.40. The van der Waals surface area contributed by atoms with Crippen molar-refractivity contribution < 1.29 is 19.0 Å². The summed E-state index contributed by atoms with van der Waals surface area (Å²) in [6.07, 6.45) is 3.99. The minimum atomic E-state index is -0.102. The summed E-state index contributed by atoms with van der Waals surface area (Å²) in [4.78, 5) is 20.7. The van der Waals surface area contributed by atoms with Crippen LogP contribution in [0.4, 0.5) is 17.2 Å². The van der Waals surface area contributed by atoms with Crippen molar-refractivity contribution in [1.82, 2.24) is 9.97 Å². The molecular weight excluding hydrogens is 432 g/mol. The van der Waals surface area contributed by atoms with E-state index in [1.54, 1.807) is 33.7 Å². The van der Waals surface area contributed by atoms with E-state index in [1.165, 1.54) is 6.92 Å². The molecule has 0 atom stereocenters. The maximum atomic E-state index is 11.6. The minimum absolute atomic E-state index is 0.102. The van der Waals surface area contributed by atoms with Gasteiger partial charge in [0.1, 0.15) is 5.82 Å². The van der Waals surface area contributed by atoms with E-state index in [0.29, 0.717) is 29.5 Å². The molecule has 0 aliphatic rings. The number of nitrogens with zero attached hydrogens (tertiary/aromatic N) is 2. The van der Waals surface area contributed by atoms with Gasteiger partial charge in [0.15, 0.2) is 11.5 Å². The normalized spacial score (nSPS) is 10.6. The van der Waals surface area contributed by atoms with E-state index in [4.69, 9.17) is 19.2 Å². The number of nitrogens with one attached hydrogen (secondary N) is 2. The first-order valence-corrected chi connectivity index (χ1v) is 10.7. The van der Waals surface area contributed by atoms with Crippen molar-refractivity contribution in [2.45, 2.75) is 13.3 Å². The average molecular weight is 459 g/mol. The van der Waals surface area contributed by atoms with Gasteiger partial charge in [-0.25, -0.2) is 4.98 Å². The summed E-state index contributed by atoms with van der Waals surface area (Å²) in [6.45, 7) is 1.50. The summed E-state index contributed by atoms with van der Waals surface area (Å²) in [5, 5.41) is 8.19. The molecule has 3 aromatic carbocycles. The fraction of sp³-hybridized carbons (Fsp3) is 0.192. The molecule has 0 bridgehead atoms. The van der Waals surface area contributed by atoms with Crippen LogP contribution in [-0.4, -0.2) is 37.2 Å². The van der Waals surface area contributed by atoms with Crippen LogP contribution >= 0.6 is 0 Å². The second-order valence-electron chi connectivity index (χ2n) is 7.61. The zero-order chi connectivity index (χ0) is 24.1. The van der Waals surface area contributed by atoms with Gasteiger partial charge in [0.25, 0.3) is 0 Å². The van der Waals surface area contributed by atoms with Crippen molar-refractivity contribution >= 4 is 33.9 Å². The first kappa shape index (κ1) is 22.8. The number of benzene rings is 3. The standard InChI is InChI=1S/C26H26N4O4/c1-16(31)28-22-10-6-8-20-17(7-5-9-21(20)22)11-19-14-27-15-25(30-19)29-18-12-23(32-2)26(34-4)24(13-18)33-3/h5-10,12-15H,11H2,1-4H3,(H,28,31)(H,29,30). The molecule has 0 fully saturated rings. The van der Waals surface area contributed by atoms with E-state index < -0.39 is 0 Å². The lowest BCUT2D eigenvalue weighted by atomic mass is 10.00. The number of anilines is 3. The maximum absolute atomic E-state index is 11.6. The van der Waals surface area contributed by atoms with Crippen molar-refractivity contribution in [3.63, 3.8) is 0 Å². The number of ether oxygens (including phenoxy) is 3. The SMILES string of the molecule is COc1cc(Nc2cncc(Cc3cccc4c(NC(C)=O)cccc34)n2)cc(OC)c1OC. The molecule has 4 rings (SSSR count). The fourth-order valence-corrected chi connectivity index (χ4v) is 3.88. The summed E-state index contributed by atoms with van der Waals surface area (Å²) in [7, 11) is 4.71. The van der Waals surface area contributed by atoms with Crippen LogP contribution in [0.1, 0.15) is 18.2 Å². The second kappa shape index (κ2) is 10.1. The van der Waals surface area contributed by atoms with Gasteiger partial charge < -0.3 is 24.8 Å². The van der Waals surface area contributed by atoms with Crippen LogP contribution in [0, 0.1) is 0 Å². The summed E-state index contributed by atoms with van der Waals surface area (Å²) >= 11 is 0. The van der Waals surface area contributed by atoms with E-state index >= 15 is 0 Å². The molecule has 0 aliphatic heterocycles. The molecule has 0 radical (unpaired) electrons. The molecule has 34 heavy (non-hydrogen) atoms. The van der Waals surface area contributed by atoms with Gasteiger partial charge in [-0.1, -0.05) is 30.3 Å². The number of aromatic nitrogens is 2. The largest absolute Gasteiger partial charge is 0.493 e. The summed E-state index contributed by atoms with van der Waals surface area (Å²) in [5.74, 6) is 2.09. The average Bonchev–Trinajstić information content (AvgIpc) is 2.84. The van der Waals surface area contributed by atoms with Crippen molar-refractivity contribution in [3.8, 4) is 17.2 Å². The number of methoxy groups -OCH3 is 3. The minimum Gasteiger partial charge on any atom is -0.493 e. The topological polar surface area (TPSA) is 94.6 Å². The molecule has 0 saturated carbocycles. The Morgan fingerprint density at radius 2 is 1.62 bits per heavy atom. The summed E-state index contributed by atoms with van der Waals surface area (Å²) in [6, 6.07) is 15.5. The second-order valence-corrected chi connectivity index (χ2v) is 7.61. The molecule has 1 aromatic heterocycles. The first-order valence-electron chi connectivity index (χ1n) is 10.7. The molecule has 1 heterocycles. The van der Waals surface area contributed by atoms with Gasteiger partial charge in [0.05, 0.1) is 33.2 Å². The third kappa shape index (κ3) is 4.85. The molecule has 0 aliphatic carbocycles. The molecule has 8 heteroatoms. The Morgan fingerprint density at radius 1 is 0.912 bits per heavy atom. The zero-order valence-electron chi connectivity index (χ0n) is 19.5. The van der Waals surface area contributed by atoms with Crippen molar-refractivity contribution in [2.75, 3.05) is 32.0 Å². The van der Waals surface area contributed by atoms with Crippen molar-refractivity contribution in [2.24, 2.45) is 0 Å². The Kier molecular flexibility index (Phi) is 6.77. The van der Waals surface area contributed by atoms with Crippen LogP contribution in [0.15, 0.2) is 60.9 Å². The molecule has 0 saturated heterocycles. The van der Waals surface area contributed by atoms with Crippen LogP contribution < -0.4 is 24.8 Å². The number of rotatable bonds is 8. The van der Waals surface area contributed by atoms with E-state index in [9.17, 15) is 4.79 Å². The molecule has 0 unspecified atom stereocenters. The molecule has 1 amide bonds. The lowest BCUT2D eigenvalue weighted by molar-refractivity contribution is -0.114. The van der Waals surface area contributed by atoms with Crippen LogP contribution in [0.2, 0.25) is 0 Å². The zero-order valence-corrected chi connectivity index (χ0v) is 19.5. The van der Waals surface area contributed by atoms with Gasteiger partial charge in [-0.2, -0.15) is 0 Å². The smallest absolute Gasteiger partial charge is 0.221 e. The summed E-state index contributed by atoms with van der Waals surface area (Å²) in [5.41, 5.74) is 3.40. The molecule has 8 nitrogen and oxygen atoms in total. The predicted molar refractivity (Wildman–Crippen MR) is 132 cm³/mol. The number of amides is 1. The Labute approximate surface area is 197 Å². The van der Waals surface area contributed by atoms with Gasteiger partial charge in [-0.15, -0.1) is 0 Å². The fourth-order valence-electron chi connectivity index (χ4n) is 3.88. The highest BCUT2D eigenvalue weighted by Gasteiger charge is 2.14.